The lowest BCUT2D eigenvalue weighted by Crippen LogP contribution is -2.36. The van der Waals surface area contributed by atoms with Gasteiger partial charge in [-0.25, -0.2) is 4.39 Å². The summed E-state index contributed by atoms with van der Waals surface area (Å²) in [5.74, 6) is -0.306. The SMILES string of the molecule is COCC(C)(C)Nc1cc(F)ccc1N. The fraction of sp³-hybridized carbons (Fsp3) is 0.455. The zero-order valence-corrected chi connectivity index (χ0v) is 9.30. The summed E-state index contributed by atoms with van der Waals surface area (Å²) in [7, 11) is 1.62. The van der Waals surface area contributed by atoms with E-state index in [4.69, 9.17) is 10.5 Å². The molecular weight excluding hydrogens is 195 g/mol. The lowest BCUT2D eigenvalue weighted by atomic mass is 10.1. The van der Waals surface area contributed by atoms with Gasteiger partial charge in [-0.1, -0.05) is 0 Å². The number of hydrogen-bond donors (Lipinski definition) is 2. The Morgan fingerprint density at radius 1 is 1.47 bits per heavy atom. The third-order valence-electron chi connectivity index (χ3n) is 1.99. The molecule has 0 amide bonds. The molecule has 0 heterocycles. The van der Waals surface area contributed by atoms with Crippen LogP contribution in [0.5, 0.6) is 0 Å². The monoisotopic (exact) mass is 212 g/mol. The fourth-order valence-electron chi connectivity index (χ4n) is 1.40. The standard InChI is InChI=1S/C11H17FN2O/c1-11(2,7-15-3)14-10-6-8(12)4-5-9(10)13/h4-6,14H,7,13H2,1-3H3. The first kappa shape index (κ1) is 11.8. The summed E-state index contributed by atoms with van der Waals surface area (Å²) in [5, 5.41) is 3.14. The van der Waals surface area contributed by atoms with E-state index in [-0.39, 0.29) is 11.4 Å². The van der Waals surface area contributed by atoms with Crippen LogP contribution in [-0.2, 0) is 4.74 Å². The van der Waals surface area contributed by atoms with Crippen molar-refractivity contribution in [2.75, 3.05) is 24.8 Å². The van der Waals surface area contributed by atoms with E-state index >= 15 is 0 Å². The first-order chi connectivity index (χ1) is 6.94. The van der Waals surface area contributed by atoms with Gasteiger partial charge in [-0.15, -0.1) is 0 Å². The normalized spacial score (nSPS) is 11.5. The molecule has 0 saturated carbocycles. The van der Waals surface area contributed by atoms with Gasteiger partial charge in [0.25, 0.3) is 0 Å². The second-order valence-electron chi connectivity index (χ2n) is 4.17. The number of nitrogens with two attached hydrogens (primary N) is 1. The maximum Gasteiger partial charge on any atom is 0.125 e. The van der Waals surface area contributed by atoms with Crippen LogP contribution in [-0.4, -0.2) is 19.3 Å². The third-order valence-corrected chi connectivity index (χ3v) is 1.99. The van der Waals surface area contributed by atoms with E-state index in [1.807, 2.05) is 13.8 Å². The molecule has 0 aliphatic heterocycles. The second kappa shape index (κ2) is 4.49. The second-order valence-corrected chi connectivity index (χ2v) is 4.17. The number of methoxy groups -OCH3 is 1. The number of benzene rings is 1. The van der Waals surface area contributed by atoms with Crippen molar-refractivity contribution in [3.8, 4) is 0 Å². The highest BCUT2D eigenvalue weighted by Gasteiger charge is 2.18. The maximum absolute atomic E-state index is 13.0. The summed E-state index contributed by atoms with van der Waals surface area (Å²) in [4.78, 5) is 0. The Balaban J connectivity index is 2.83. The van der Waals surface area contributed by atoms with Crippen LogP contribution >= 0.6 is 0 Å². The van der Waals surface area contributed by atoms with Crippen molar-refractivity contribution in [1.82, 2.24) is 0 Å². The van der Waals surface area contributed by atoms with Crippen molar-refractivity contribution >= 4 is 11.4 Å². The van der Waals surface area contributed by atoms with Crippen LogP contribution in [0.4, 0.5) is 15.8 Å². The molecule has 1 aromatic rings. The zero-order chi connectivity index (χ0) is 11.5. The number of hydrogen-bond acceptors (Lipinski definition) is 3. The van der Waals surface area contributed by atoms with Crippen LogP contribution in [0, 0.1) is 5.82 Å². The Labute approximate surface area is 89.4 Å². The van der Waals surface area contributed by atoms with E-state index in [0.717, 1.165) is 0 Å². The van der Waals surface area contributed by atoms with Gasteiger partial charge in [0.2, 0.25) is 0 Å². The van der Waals surface area contributed by atoms with E-state index in [9.17, 15) is 4.39 Å². The summed E-state index contributed by atoms with van der Waals surface area (Å²) in [6.07, 6.45) is 0. The van der Waals surface area contributed by atoms with E-state index in [1.54, 1.807) is 13.2 Å². The first-order valence-corrected chi connectivity index (χ1v) is 4.77. The zero-order valence-electron chi connectivity index (χ0n) is 9.30. The Kier molecular flexibility index (Phi) is 3.52. The molecule has 84 valence electrons. The maximum atomic E-state index is 13.0. The number of rotatable bonds is 4. The molecular formula is C11H17FN2O. The predicted molar refractivity (Wildman–Crippen MR) is 60.4 cm³/mol. The molecule has 1 aromatic carbocycles. The number of nitrogen functional groups attached to an aromatic ring is 1. The van der Waals surface area contributed by atoms with Gasteiger partial charge in [-0.3, -0.25) is 0 Å². The first-order valence-electron chi connectivity index (χ1n) is 4.77. The molecule has 0 aliphatic carbocycles. The van der Waals surface area contributed by atoms with Gasteiger partial charge in [0.05, 0.1) is 23.5 Å². The van der Waals surface area contributed by atoms with Crippen molar-refractivity contribution in [2.24, 2.45) is 0 Å². The molecule has 0 aliphatic rings. The van der Waals surface area contributed by atoms with Gasteiger partial charge in [0, 0.05) is 7.11 Å². The molecule has 1 rings (SSSR count). The molecule has 0 aromatic heterocycles. The van der Waals surface area contributed by atoms with Crippen molar-refractivity contribution in [2.45, 2.75) is 19.4 Å². The fourth-order valence-corrected chi connectivity index (χ4v) is 1.40. The molecule has 0 atom stereocenters. The van der Waals surface area contributed by atoms with Crippen molar-refractivity contribution in [3.63, 3.8) is 0 Å². The van der Waals surface area contributed by atoms with Crippen LogP contribution in [0.25, 0.3) is 0 Å². The number of anilines is 2. The quantitative estimate of drug-likeness (QED) is 0.752. The van der Waals surface area contributed by atoms with Crippen LogP contribution in [0.1, 0.15) is 13.8 Å². The van der Waals surface area contributed by atoms with Crippen LogP contribution < -0.4 is 11.1 Å². The van der Waals surface area contributed by atoms with Crippen LogP contribution in [0.2, 0.25) is 0 Å². The minimum atomic E-state index is -0.306. The van der Waals surface area contributed by atoms with E-state index < -0.39 is 0 Å². The number of halogens is 1. The smallest absolute Gasteiger partial charge is 0.125 e. The Hall–Kier alpha value is -1.29. The minimum absolute atomic E-state index is 0.281. The van der Waals surface area contributed by atoms with E-state index in [1.165, 1.54) is 12.1 Å². The topological polar surface area (TPSA) is 47.3 Å². The predicted octanol–water partition coefficient (Wildman–Crippen LogP) is 2.24. The lowest BCUT2D eigenvalue weighted by Gasteiger charge is -2.27. The van der Waals surface area contributed by atoms with Gasteiger partial charge in [0.1, 0.15) is 5.82 Å². The average Bonchev–Trinajstić information content (AvgIpc) is 2.10. The summed E-state index contributed by atoms with van der Waals surface area (Å²) in [6.45, 7) is 4.44. The molecule has 0 fully saturated rings. The van der Waals surface area contributed by atoms with Crippen molar-refractivity contribution in [3.05, 3.63) is 24.0 Å². The largest absolute Gasteiger partial charge is 0.397 e. The summed E-state index contributed by atoms with van der Waals surface area (Å²) in [6, 6.07) is 4.26. The highest BCUT2D eigenvalue weighted by Crippen LogP contribution is 2.23. The van der Waals surface area contributed by atoms with Gasteiger partial charge >= 0.3 is 0 Å². The number of ether oxygens (including phenoxy) is 1. The van der Waals surface area contributed by atoms with Gasteiger partial charge in [-0.2, -0.15) is 0 Å². The van der Waals surface area contributed by atoms with Crippen LogP contribution in [0.15, 0.2) is 18.2 Å². The molecule has 15 heavy (non-hydrogen) atoms. The Morgan fingerprint density at radius 2 is 2.13 bits per heavy atom. The molecule has 0 spiro atoms. The highest BCUT2D eigenvalue weighted by molar-refractivity contribution is 5.66. The van der Waals surface area contributed by atoms with Crippen molar-refractivity contribution < 1.29 is 9.13 Å². The number of nitrogens with one attached hydrogen (secondary N) is 1. The molecule has 3 nitrogen and oxygen atoms in total. The molecule has 0 unspecified atom stereocenters. The molecule has 4 heteroatoms. The molecule has 0 radical (unpaired) electrons. The molecule has 0 bridgehead atoms. The summed E-state index contributed by atoms with van der Waals surface area (Å²) < 4.78 is 18.0. The molecule has 3 N–H and O–H groups in total. The summed E-state index contributed by atoms with van der Waals surface area (Å²) >= 11 is 0. The van der Waals surface area contributed by atoms with E-state index in [0.29, 0.717) is 18.0 Å². The van der Waals surface area contributed by atoms with Gasteiger partial charge in [-0.05, 0) is 32.0 Å². The third kappa shape index (κ3) is 3.40. The van der Waals surface area contributed by atoms with Crippen LogP contribution in [0.3, 0.4) is 0 Å². The summed E-state index contributed by atoms with van der Waals surface area (Å²) in [5.41, 5.74) is 6.56. The lowest BCUT2D eigenvalue weighted by molar-refractivity contribution is 0.158. The van der Waals surface area contributed by atoms with Gasteiger partial charge in [0.15, 0.2) is 0 Å². The van der Waals surface area contributed by atoms with Crippen molar-refractivity contribution in [1.29, 1.82) is 0 Å². The average molecular weight is 212 g/mol. The Morgan fingerprint density at radius 3 is 2.73 bits per heavy atom. The van der Waals surface area contributed by atoms with Gasteiger partial charge < -0.3 is 15.8 Å². The molecule has 0 saturated heterocycles. The highest BCUT2D eigenvalue weighted by atomic mass is 19.1. The van der Waals surface area contributed by atoms with E-state index in [2.05, 4.69) is 5.32 Å². The minimum Gasteiger partial charge on any atom is -0.397 e. The Bertz CT molecular complexity index is 339.